The van der Waals surface area contributed by atoms with Crippen molar-refractivity contribution in [2.24, 2.45) is 5.92 Å². The van der Waals surface area contributed by atoms with E-state index in [0.29, 0.717) is 38.5 Å². The fourth-order valence-electron chi connectivity index (χ4n) is 4.09. The molecular weight excluding hydrogens is 444 g/mol. The lowest BCUT2D eigenvalue weighted by atomic mass is 9.96. The Bertz CT molecular complexity index is 870. The molecule has 1 aromatic carbocycles. The molecule has 0 aliphatic carbocycles. The molecule has 3 rings (SSSR count). The van der Waals surface area contributed by atoms with E-state index < -0.39 is 30.4 Å². The van der Waals surface area contributed by atoms with E-state index in [2.05, 4.69) is 20.9 Å². The predicted octanol–water partition coefficient (Wildman–Crippen LogP) is 2.01. The van der Waals surface area contributed by atoms with Crippen molar-refractivity contribution in [2.45, 2.75) is 44.6 Å². The first kappa shape index (κ1) is 24.9. The highest BCUT2D eigenvalue weighted by atomic mass is 19.4. The number of piperidine rings is 1. The topological polar surface area (TPSA) is 90.5 Å². The van der Waals surface area contributed by atoms with Gasteiger partial charge in [-0.15, -0.1) is 0 Å². The monoisotopic (exact) mass is 472 g/mol. The minimum absolute atomic E-state index is 0.111. The second-order valence-corrected chi connectivity index (χ2v) is 8.49. The maximum atomic E-state index is 13.0. The molecule has 0 aromatic heterocycles. The van der Waals surface area contributed by atoms with Gasteiger partial charge in [0.25, 0.3) is 5.91 Å². The summed E-state index contributed by atoms with van der Waals surface area (Å²) in [6.45, 7) is 1.92. The molecule has 3 N–H and O–H groups in total. The molecule has 0 unspecified atom stereocenters. The normalized spacial score (nSPS) is 19.9. The first-order valence-electron chi connectivity index (χ1n) is 11.0. The van der Waals surface area contributed by atoms with Crippen molar-refractivity contribution in [3.63, 3.8) is 0 Å². The van der Waals surface area contributed by atoms with Crippen LogP contribution in [0.2, 0.25) is 0 Å². The first-order valence-corrected chi connectivity index (χ1v) is 11.0. The lowest BCUT2D eigenvalue weighted by Gasteiger charge is -2.32. The minimum atomic E-state index is -4.66. The third kappa shape index (κ3) is 7.15. The Balaban J connectivity index is 1.38. The van der Waals surface area contributed by atoms with E-state index in [1.807, 2.05) is 0 Å². The molecule has 3 amide bonds. The van der Waals surface area contributed by atoms with Crippen LogP contribution < -0.4 is 16.0 Å². The number of nitrogens with one attached hydrogen (secondary N) is 3. The average molecular weight is 472 g/mol. The summed E-state index contributed by atoms with van der Waals surface area (Å²) in [5.41, 5.74) is -1.44. The third-order valence-electron chi connectivity index (χ3n) is 6.03. The van der Waals surface area contributed by atoms with E-state index in [4.69, 9.17) is 0 Å². The van der Waals surface area contributed by atoms with Crippen LogP contribution in [-0.2, 0) is 22.4 Å². The number of likely N-dealkylation sites (tertiary alicyclic amines) is 1. The van der Waals surface area contributed by atoms with Crippen LogP contribution in [-0.4, -0.2) is 61.4 Å². The van der Waals surface area contributed by atoms with E-state index in [-0.39, 0.29) is 28.9 Å². The molecule has 2 fully saturated rings. The summed E-state index contributed by atoms with van der Waals surface area (Å²) in [5, 5.41) is 8.12. The molecule has 2 saturated heterocycles. The number of alkyl halides is 4. The number of halogens is 4. The van der Waals surface area contributed by atoms with Crippen molar-refractivity contribution in [2.75, 3.05) is 32.7 Å². The van der Waals surface area contributed by atoms with Crippen molar-refractivity contribution in [1.82, 2.24) is 20.9 Å². The number of amides is 3. The van der Waals surface area contributed by atoms with Crippen molar-refractivity contribution >= 4 is 17.7 Å². The van der Waals surface area contributed by atoms with Crippen LogP contribution in [0, 0.1) is 5.92 Å². The van der Waals surface area contributed by atoms with E-state index in [9.17, 15) is 31.9 Å². The van der Waals surface area contributed by atoms with Crippen LogP contribution >= 0.6 is 0 Å². The number of hydrogen-bond donors (Lipinski definition) is 3. The van der Waals surface area contributed by atoms with Crippen LogP contribution in [0.3, 0.4) is 0 Å². The molecule has 1 aromatic rings. The molecule has 0 bridgehead atoms. The summed E-state index contributed by atoms with van der Waals surface area (Å²) in [7, 11) is 0. The van der Waals surface area contributed by atoms with Crippen LogP contribution in [0.15, 0.2) is 18.2 Å². The lowest BCUT2D eigenvalue weighted by molar-refractivity contribution is -0.137. The quantitative estimate of drug-likeness (QED) is 0.505. The molecule has 182 valence electrons. The third-order valence-corrected chi connectivity index (χ3v) is 6.03. The van der Waals surface area contributed by atoms with Crippen LogP contribution in [0.25, 0.3) is 0 Å². The maximum absolute atomic E-state index is 13.0. The smallest absolute Gasteiger partial charge is 0.353 e. The van der Waals surface area contributed by atoms with Gasteiger partial charge in [-0.3, -0.25) is 14.4 Å². The van der Waals surface area contributed by atoms with Crippen molar-refractivity contribution in [3.05, 3.63) is 34.9 Å². The molecule has 0 radical (unpaired) electrons. The van der Waals surface area contributed by atoms with Crippen molar-refractivity contribution in [1.29, 1.82) is 0 Å². The zero-order valence-corrected chi connectivity index (χ0v) is 18.1. The number of benzene rings is 1. The van der Waals surface area contributed by atoms with Crippen LogP contribution in [0.4, 0.5) is 17.6 Å². The zero-order chi connectivity index (χ0) is 24.0. The number of nitrogens with zero attached hydrogens (tertiary/aromatic N) is 1. The molecular formula is C22H28F4N4O3. The molecule has 0 spiro atoms. The number of rotatable bonds is 8. The van der Waals surface area contributed by atoms with E-state index >= 15 is 0 Å². The highest BCUT2D eigenvalue weighted by Crippen LogP contribution is 2.31. The van der Waals surface area contributed by atoms with E-state index in [0.717, 1.165) is 38.1 Å². The Labute approximate surface area is 189 Å². The predicted molar refractivity (Wildman–Crippen MR) is 112 cm³/mol. The van der Waals surface area contributed by atoms with Crippen LogP contribution in [0.5, 0.6) is 0 Å². The van der Waals surface area contributed by atoms with Gasteiger partial charge in [0.2, 0.25) is 11.8 Å². The van der Waals surface area contributed by atoms with Gasteiger partial charge in [-0.25, -0.2) is 4.39 Å². The van der Waals surface area contributed by atoms with Gasteiger partial charge in [0.1, 0.15) is 12.7 Å². The van der Waals surface area contributed by atoms with E-state index in [1.165, 1.54) is 0 Å². The van der Waals surface area contributed by atoms with Crippen LogP contribution in [0.1, 0.15) is 47.2 Å². The second kappa shape index (κ2) is 11.0. The standard InChI is InChI=1S/C22H28F4N4O3/c23-12-15-9-16(11-17(10-15)22(24,25)26)20(32)28-13-14-3-6-30(7-4-14)8-5-27-21(33)18-1-2-19(31)29-18/h9-11,14,18H,1-8,12-13H2,(H,27,33)(H,28,32)(H,29,31)/t18-/m1/s1. The summed E-state index contributed by atoms with van der Waals surface area (Å²) < 4.78 is 51.9. The SMILES string of the molecule is O=C1CC[C@H](C(=O)NCCN2CCC(CNC(=O)c3cc(CF)cc(C(F)(F)F)c3)CC2)N1. The number of carbonyl (C=O) groups is 3. The van der Waals surface area contributed by atoms with Crippen molar-refractivity contribution < 1.29 is 31.9 Å². The minimum Gasteiger partial charge on any atom is -0.353 e. The highest BCUT2D eigenvalue weighted by molar-refractivity contribution is 5.94. The molecule has 2 aliphatic rings. The van der Waals surface area contributed by atoms with Gasteiger partial charge in [-0.1, -0.05) is 0 Å². The summed E-state index contributed by atoms with van der Waals surface area (Å²) >= 11 is 0. The number of carbonyl (C=O) groups excluding carboxylic acids is 3. The molecule has 1 atom stereocenters. The Morgan fingerprint density at radius 3 is 2.42 bits per heavy atom. The van der Waals surface area contributed by atoms with Gasteiger partial charge >= 0.3 is 6.18 Å². The molecule has 2 heterocycles. The van der Waals surface area contributed by atoms with Gasteiger partial charge < -0.3 is 20.9 Å². The number of hydrogen-bond acceptors (Lipinski definition) is 4. The molecule has 7 nitrogen and oxygen atoms in total. The highest BCUT2D eigenvalue weighted by Gasteiger charge is 2.32. The molecule has 2 aliphatic heterocycles. The largest absolute Gasteiger partial charge is 0.416 e. The van der Waals surface area contributed by atoms with Gasteiger partial charge in [0, 0.05) is 31.6 Å². The zero-order valence-electron chi connectivity index (χ0n) is 18.1. The molecule has 11 heteroatoms. The lowest BCUT2D eigenvalue weighted by Crippen LogP contribution is -2.45. The Hall–Kier alpha value is -2.69. The fraction of sp³-hybridized carbons (Fsp3) is 0.591. The van der Waals surface area contributed by atoms with Gasteiger partial charge in [0.05, 0.1) is 5.56 Å². The Morgan fingerprint density at radius 2 is 1.82 bits per heavy atom. The Kier molecular flexibility index (Phi) is 8.28. The van der Waals surface area contributed by atoms with Gasteiger partial charge in [-0.2, -0.15) is 13.2 Å². The molecule has 0 saturated carbocycles. The van der Waals surface area contributed by atoms with Crippen molar-refractivity contribution in [3.8, 4) is 0 Å². The fourth-order valence-corrected chi connectivity index (χ4v) is 4.09. The summed E-state index contributed by atoms with van der Waals surface area (Å²) in [6, 6.07) is 2.13. The molecule has 33 heavy (non-hydrogen) atoms. The van der Waals surface area contributed by atoms with Gasteiger partial charge in [-0.05, 0) is 62.0 Å². The second-order valence-electron chi connectivity index (χ2n) is 8.49. The van der Waals surface area contributed by atoms with Gasteiger partial charge in [0.15, 0.2) is 0 Å². The Morgan fingerprint density at radius 1 is 1.09 bits per heavy atom. The summed E-state index contributed by atoms with van der Waals surface area (Å²) in [5.74, 6) is -0.760. The summed E-state index contributed by atoms with van der Waals surface area (Å²) in [6.07, 6.45) is -2.18. The maximum Gasteiger partial charge on any atom is 0.416 e. The summed E-state index contributed by atoms with van der Waals surface area (Å²) in [4.78, 5) is 37.7. The van der Waals surface area contributed by atoms with E-state index in [1.54, 1.807) is 0 Å². The first-order chi connectivity index (χ1) is 15.7. The average Bonchev–Trinajstić information content (AvgIpc) is 3.23.